The zero-order valence-electron chi connectivity index (χ0n) is 20.4. The van der Waals surface area contributed by atoms with Gasteiger partial charge < -0.3 is 24.3 Å². The summed E-state index contributed by atoms with van der Waals surface area (Å²) < 4.78 is 22.7. The lowest BCUT2D eigenvalue weighted by Gasteiger charge is -2.27. The van der Waals surface area contributed by atoms with Crippen molar-refractivity contribution in [3.63, 3.8) is 0 Å². The van der Waals surface area contributed by atoms with E-state index in [2.05, 4.69) is 17.4 Å². The van der Waals surface area contributed by atoms with E-state index in [9.17, 15) is 9.59 Å². The highest BCUT2D eigenvalue weighted by atomic mass is 16.6. The number of carbonyl (C=O) groups is 2. The molecule has 0 spiro atoms. The fraction of sp³-hybridized carbons (Fsp3) is 0.357. The molecule has 1 N–H and O–H groups in total. The van der Waals surface area contributed by atoms with Crippen LogP contribution in [0.15, 0.2) is 66.7 Å². The number of hydrogen-bond donors (Lipinski definition) is 1. The average Bonchev–Trinajstić information content (AvgIpc) is 3.29. The van der Waals surface area contributed by atoms with E-state index < -0.39 is 23.6 Å². The molecule has 0 aliphatic carbocycles. The number of esters is 2. The van der Waals surface area contributed by atoms with Crippen LogP contribution in [-0.4, -0.2) is 49.4 Å². The van der Waals surface area contributed by atoms with Gasteiger partial charge >= 0.3 is 11.9 Å². The third-order valence-electron chi connectivity index (χ3n) is 5.69. The molecule has 35 heavy (non-hydrogen) atoms. The summed E-state index contributed by atoms with van der Waals surface area (Å²) in [6.45, 7) is 6.03. The molecule has 0 amide bonds. The van der Waals surface area contributed by atoms with Crippen molar-refractivity contribution < 1.29 is 28.5 Å². The Bertz CT molecular complexity index is 1180. The second-order valence-corrected chi connectivity index (χ2v) is 9.59. The molecule has 1 heterocycles. The summed E-state index contributed by atoms with van der Waals surface area (Å²) in [7, 11) is 1.33. The van der Waals surface area contributed by atoms with Crippen LogP contribution in [0.4, 0.5) is 0 Å². The molecule has 0 radical (unpaired) electrons. The number of nitrogens with one attached hydrogen (secondary N) is 1. The number of benzene rings is 3. The van der Waals surface area contributed by atoms with Gasteiger partial charge in [0.2, 0.25) is 6.10 Å². The van der Waals surface area contributed by atoms with Crippen molar-refractivity contribution in [2.75, 3.05) is 13.7 Å². The molecule has 7 heteroatoms. The minimum absolute atomic E-state index is 0.128. The summed E-state index contributed by atoms with van der Waals surface area (Å²) in [6.07, 6.45) is -0.448. The zero-order valence-corrected chi connectivity index (χ0v) is 20.4. The van der Waals surface area contributed by atoms with Crippen molar-refractivity contribution in [3.05, 3.63) is 72.3 Å². The number of hydrogen-bond acceptors (Lipinski definition) is 7. The molecule has 0 bridgehead atoms. The van der Waals surface area contributed by atoms with E-state index >= 15 is 0 Å². The van der Waals surface area contributed by atoms with E-state index in [4.69, 9.17) is 18.9 Å². The average molecular weight is 478 g/mol. The van der Waals surface area contributed by atoms with Crippen LogP contribution in [0.3, 0.4) is 0 Å². The van der Waals surface area contributed by atoms with Crippen molar-refractivity contribution in [2.24, 2.45) is 0 Å². The Kier molecular flexibility index (Phi) is 7.26. The van der Waals surface area contributed by atoms with E-state index in [0.717, 1.165) is 16.5 Å². The van der Waals surface area contributed by atoms with Crippen LogP contribution in [0.1, 0.15) is 37.6 Å². The largest absolute Gasteiger partial charge is 0.489 e. The van der Waals surface area contributed by atoms with Gasteiger partial charge in [0.25, 0.3) is 0 Å². The predicted molar refractivity (Wildman–Crippen MR) is 133 cm³/mol. The molecule has 3 aromatic rings. The van der Waals surface area contributed by atoms with Crippen molar-refractivity contribution in [1.82, 2.24) is 5.32 Å². The molecule has 1 aliphatic heterocycles. The fourth-order valence-corrected chi connectivity index (χ4v) is 4.07. The van der Waals surface area contributed by atoms with Gasteiger partial charge in [-0.15, -0.1) is 0 Å². The summed E-state index contributed by atoms with van der Waals surface area (Å²) in [4.78, 5) is 24.8. The second kappa shape index (κ2) is 10.4. The number of rotatable bonds is 7. The Labute approximate surface area is 205 Å². The zero-order chi connectivity index (χ0) is 25.0. The van der Waals surface area contributed by atoms with E-state index in [1.54, 1.807) is 24.3 Å². The van der Waals surface area contributed by atoms with Gasteiger partial charge in [0.05, 0.1) is 18.7 Å². The Hall–Kier alpha value is -3.58. The maximum absolute atomic E-state index is 13.1. The van der Waals surface area contributed by atoms with Gasteiger partial charge in [-0.25, -0.2) is 9.59 Å². The second-order valence-electron chi connectivity index (χ2n) is 9.59. The Morgan fingerprint density at radius 2 is 1.63 bits per heavy atom. The van der Waals surface area contributed by atoms with Crippen LogP contribution in [0, 0.1) is 0 Å². The number of ether oxygens (including phenoxy) is 4. The summed E-state index contributed by atoms with van der Waals surface area (Å²) in [5.74, 6) is 0.336. The van der Waals surface area contributed by atoms with Crippen LogP contribution in [0.2, 0.25) is 0 Å². The molecule has 0 saturated carbocycles. The summed E-state index contributed by atoms with van der Waals surface area (Å²) in [6, 6.07) is 20.3. The topological polar surface area (TPSA) is 83.1 Å². The monoisotopic (exact) mass is 477 g/mol. The van der Waals surface area contributed by atoms with Gasteiger partial charge in [0.15, 0.2) is 0 Å². The Morgan fingerprint density at radius 1 is 0.943 bits per heavy atom. The van der Waals surface area contributed by atoms with Gasteiger partial charge in [-0.05, 0) is 67.9 Å². The molecule has 184 valence electrons. The normalized spacial score (nSPS) is 18.6. The smallest absolute Gasteiger partial charge is 0.349 e. The maximum Gasteiger partial charge on any atom is 0.349 e. The molecule has 1 unspecified atom stereocenters. The molecule has 1 fully saturated rings. The standard InChI is InChI=1S/C28H31NO6/c1-28(2,3)35-27(31)25(34-21-12-10-19(11-13-21)26(30)32-4)24-16-23(17-29-24)33-22-14-9-18-7-5-6-8-20(18)15-22/h5-15,23-25,29H,16-17H2,1-4H3/t23-,24-,25?/m0/s1. The van der Waals surface area contributed by atoms with Gasteiger partial charge in [-0.1, -0.05) is 30.3 Å². The van der Waals surface area contributed by atoms with Crippen LogP contribution in [0.25, 0.3) is 10.8 Å². The summed E-state index contributed by atoms with van der Waals surface area (Å²) in [5, 5.41) is 5.63. The van der Waals surface area contributed by atoms with Crippen LogP contribution in [0.5, 0.6) is 11.5 Å². The van der Waals surface area contributed by atoms with Gasteiger partial charge in [-0.3, -0.25) is 0 Å². The first-order valence-electron chi connectivity index (χ1n) is 11.7. The van der Waals surface area contributed by atoms with Crippen LogP contribution >= 0.6 is 0 Å². The van der Waals surface area contributed by atoms with Gasteiger partial charge in [0, 0.05) is 13.0 Å². The van der Waals surface area contributed by atoms with Gasteiger partial charge in [-0.2, -0.15) is 0 Å². The highest BCUT2D eigenvalue weighted by molar-refractivity contribution is 5.89. The van der Waals surface area contributed by atoms with Crippen molar-refractivity contribution in [3.8, 4) is 11.5 Å². The molecule has 3 atom stereocenters. The predicted octanol–water partition coefficient (Wildman–Crippen LogP) is 4.53. The van der Waals surface area contributed by atoms with E-state index in [0.29, 0.717) is 24.3 Å². The first-order chi connectivity index (χ1) is 16.7. The molecule has 1 saturated heterocycles. The first-order valence-corrected chi connectivity index (χ1v) is 11.7. The van der Waals surface area contributed by atoms with E-state index in [1.807, 2.05) is 51.1 Å². The van der Waals surface area contributed by atoms with E-state index in [-0.39, 0.29) is 12.1 Å². The lowest BCUT2D eigenvalue weighted by molar-refractivity contribution is -0.164. The molecule has 0 aromatic heterocycles. The molecule has 4 rings (SSSR count). The minimum Gasteiger partial charge on any atom is -0.489 e. The van der Waals surface area contributed by atoms with E-state index in [1.165, 1.54) is 7.11 Å². The number of fused-ring (bicyclic) bond motifs is 1. The Balaban J connectivity index is 1.47. The number of methoxy groups -OCH3 is 1. The SMILES string of the molecule is COC(=O)c1ccc(OC(C(=O)OC(C)(C)C)[C@@H]2C[C@H](Oc3ccc4ccccc4c3)CN2)cc1. The minimum atomic E-state index is -0.886. The van der Waals surface area contributed by atoms with Crippen molar-refractivity contribution in [2.45, 2.75) is 51.0 Å². The molecule has 3 aromatic carbocycles. The lowest BCUT2D eigenvalue weighted by Crippen LogP contribution is -2.47. The Morgan fingerprint density at radius 3 is 2.31 bits per heavy atom. The third kappa shape index (κ3) is 6.31. The number of carbonyl (C=O) groups excluding carboxylic acids is 2. The highest BCUT2D eigenvalue weighted by Gasteiger charge is 2.39. The van der Waals surface area contributed by atoms with Gasteiger partial charge in [0.1, 0.15) is 23.2 Å². The molecule has 7 nitrogen and oxygen atoms in total. The molecule has 1 aliphatic rings. The van der Waals surface area contributed by atoms with Crippen molar-refractivity contribution in [1.29, 1.82) is 0 Å². The quantitative estimate of drug-likeness (QED) is 0.501. The fourth-order valence-electron chi connectivity index (χ4n) is 4.07. The third-order valence-corrected chi connectivity index (χ3v) is 5.69. The van der Waals surface area contributed by atoms with Crippen molar-refractivity contribution >= 4 is 22.7 Å². The molecular formula is C28H31NO6. The first kappa shape index (κ1) is 24.5. The summed E-state index contributed by atoms with van der Waals surface area (Å²) >= 11 is 0. The summed E-state index contributed by atoms with van der Waals surface area (Å²) in [5.41, 5.74) is -0.260. The van der Waals surface area contributed by atoms with Crippen LogP contribution in [-0.2, 0) is 14.3 Å². The molecular weight excluding hydrogens is 446 g/mol. The lowest BCUT2D eigenvalue weighted by atomic mass is 10.1. The highest BCUT2D eigenvalue weighted by Crippen LogP contribution is 2.26. The maximum atomic E-state index is 13.1. The van der Waals surface area contributed by atoms with Crippen LogP contribution < -0.4 is 14.8 Å².